The SMILES string of the molecule is C=CC[C@]1(C(=O)OC)C[C@H](OC(C)=O)[C@@H](N=C=S)[C@H]([C@H](OC(C)=O)[C@@H](CNC(=O)c2cc(C)c(OC(C)=O)c(C)c2)OC(C)=O)O1. The summed E-state index contributed by atoms with van der Waals surface area (Å²) in [5.74, 6) is -4.02. The van der Waals surface area contributed by atoms with E-state index in [1.54, 1.807) is 13.8 Å². The molecular weight excluding hydrogens is 624 g/mol. The molecule has 46 heavy (non-hydrogen) atoms. The molecule has 1 aliphatic rings. The molecular formula is C31H38N2O12S. The zero-order chi connectivity index (χ0) is 34.8. The molecule has 15 heteroatoms. The normalized spacial score (nSPS) is 21.7. The van der Waals surface area contributed by atoms with Crippen LogP contribution in [0.5, 0.6) is 5.75 Å². The van der Waals surface area contributed by atoms with Crippen molar-refractivity contribution in [3.8, 4) is 5.75 Å². The zero-order valence-electron chi connectivity index (χ0n) is 26.7. The van der Waals surface area contributed by atoms with Gasteiger partial charge in [-0.2, -0.15) is 0 Å². The van der Waals surface area contributed by atoms with Gasteiger partial charge in [0, 0.05) is 46.1 Å². The highest BCUT2D eigenvalue weighted by Crippen LogP contribution is 2.39. The molecule has 1 amide bonds. The molecule has 1 heterocycles. The highest BCUT2D eigenvalue weighted by atomic mass is 32.1. The predicted octanol–water partition coefficient (Wildman–Crippen LogP) is 2.50. The third-order valence-corrected chi connectivity index (χ3v) is 7.01. The Hall–Kier alpha value is -4.46. The molecule has 0 unspecified atom stereocenters. The number of methoxy groups -OCH3 is 1. The van der Waals surface area contributed by atoms with E-state index in [1.165, 1.54) is 25.1 Å². The molecule has 0 radical (unpaired) electrons. The third kappa shape index (κ3) is 9.77. The van der Waals surface area contributed by atoms with Crippen LogP contribution < -0.4 is 10.1 Å². The Morgan fingerprint density at radius 2 is 1.67 bits per heavy atom. The summed E-state index contributed by atoms with van der Waals surface area (Å²) >= 11 is 4.84. The van der Waals surface area contributed by atoms with Gasteiger partial charge in [0.25, 0.3) is 5.91 Å². The largest absolute Gasteiger partial charge is 0.467 e. The molecule has 1 N–H and O–H groups in total. The highest BCUT2D eigenvalue weighted by Gasteiger charge is 2.57. The summed E-state index contributed by atoms with van der Waals surface area (Å²) < 4.78 is 33.2. The van der Waals surface area contributed by atoms with Crippen molar-refractivity contribution >= 4 is 53.1 Å². The molecule has 250 valence electrons. The lowest BCUT2D eigenvalue weighted by molar-refractivity contribution is -0.235. The fourth-order valence-electron chi connectivity index (χ4n) is 5.27. The lowest BCUT2D eigenvalue weighted by atomic mass is 9.81. The number of hydrogen-bond donors (Lipinski definition) is 1. The van der Waals surface area contributed by atoms with Gasteiger partial charge in [-0.15, -0.1) is 6.58 Å². The number of thiocarbonyl (C=S) groups is 1. The summed E-state index contributed by atoms with van der Waals surface area (Å²) in [6.45, 7) is 11.2. The molecule has 6 atom stereocenters. The quantitative estimate of drug-likeness (QED) is 0.0813. The molecule has 1 aromatic rings. The van der Waals surface area contributed by atoms with Gasteiger partial charge in [-0.3, -0.25) is 24.0 Å². The van der Waals surface area contributed by atoms with Gasteiger partial charge in [-0.05, 0) is 49.3 Å². The van der Waals surface area contributed by atoms with Crippen LogP contribution in [0.1, 0.15) is 62.0 Å². The number of hydrogen-bond acceptors (Lipinski definition) is 14. The Balaban J connectivity index is 2.62. The van der Waals surface area contributed by atoms with Crippen LogP contribution in [0.4, 0.5) is 0 Å². The second-order valence-corrected chi connectivity index (χ2v) is 10.8. The van der Waals surface area contributed by atoms with Gasteiger partial charge in [0.1, 0.15) is 24.0 Å². The van der Waals surface area contributed by atoms with Gasteiger partial charge in [0.15, 0.2) is 17.8 Å². The number of aryl methyl sites for hydroxylation is 2. The van der Waals surface area contributed by atoms with Gasteiger partial charge in [-0.1, -0.05) is 6.08 Å². The first-order valence-corrected chi connectivity index (χ1v) is 14.5. The molecule has 2 rings (SSSR count). The van der Waals surface area contributed by atoms with E-state index in [1.807, 2.05) is 0 Å². The van der Waals surface area contributed by atoms with Crippen molar-refractivity contribution in [3.63, 3.8) is 0 Å². The minimum atomic E-state index is -1.80. The highest BCUT2D eigenvalue weighted by molar-refractivity contribution is 7.78. The number of rotatable bonds is 13. The first-order valence-electron chi connectivity index (χ1n) is 14.1. The lowest BCUT2D eigenvalue weighted by Crippen LogP contribution is -2.64. The maximum absolute atomic E-state index is 13.3. The summed E-state index contributed by atoms with van der Waals surface area (Å²) in [4.78, 5) is 78.9. The van der Waals surface area contributed by atoms with Crippen molar-refractivity contribution in [1.29, 1.82) is 0 Å². The molecule has 1 fully saturated rings. The maximum atomic E-state index is 13.3. The van der Waals surface area contributed by atoms with E-state index in [9.17, 15) is 28.8 Å². The van der Waals surface area contributed by atoms with E-state index in [0.29, 0.717) is 16.9 Å². The third-order valence-electron chi connectivity index (χ3n) is 6.90. The lowest BCUT2D eigenvalue weighted by Gasteiger charge is -2.47. The molecule has 1 aliphatic heterocycles. The molecule has 0 aliphatic carbocycles. The van der Waals surface area contributed by atoms with Gasteiger partial charge < -0.3 is 33.7 Å². The van der Waals surface area contributed by atoms with E-state index in [2.05, 4.69) is 22.0 Å². The second kappa shape index (κ2) is 16.7. The number of aliphatic imine (C=N–C) groups is 1. The number of isothiocyanates is 1. The van der Waals surface area contributed by atoms with Crippen molar-refractivity contribution in [2.75, 3.05) is 13.7 Å². The number of amides is 1. The summed E-state index contributed by atoms with van der Waals surface area (Å²) in [7, 11) is 1.14. The molecule has 14 nitrogen and oxygen atoms in total. The van der Waals surface area contributed by atoms with Crippen LogP contribution in [0, 0.1) is 13.8 Å². The Kier molecular flexibility index (Phi) is 13.7. The number of esters is 5. The first-order chi connectivity index (χ1) is 21.6. The summed E-state index contributed by atoms with van der Waals surface area (Å²) in [5.41, 5.74) is -0.567. The van der Waals surface area contributed by atoms with E-state index in [0.717, 1.165) is 27.9 Å². The molecule has 1 aromatic carbocycles. The van der Waals surface area contributed by atoms with Gasteiger partial charge >= 0.3 is 29.8 Å². The van der Waals surface area contributed by atoms with Crippen molar-refractivity contribution in [1.82, 2.24) is 5.32 Å². The molecule has 0 aromatic heterocycles. The van der Waals surface area contributed by atoms with Crippen molar-refractivity contribution in [2.45, 2.75) is 90.4 Å². The maximum Gasteiger partial charge on any atom is 0.338 e. The topological polar surface area (TPSA) is 182 Å². The second-order valence-electron chi connectivity index (χ2n) is 10.6. The smallest absolute Gasteiger partial charge is 0.338 e. The van der Waals surface area contributed by atoms with Crippen LogP contribution in [-0.2, 0) is 47.7 Å². The minimum Gasteiger partial charge on any atom is -0.467 e. The number of ether oxygens (including phenoxy) is 6. The summed E-state index contributed by atoms with van der Waals surface area (Å²) in [6.07, 6.45) is -4.55. The van der Waals surface area contributed by atoms with E-state index in [4.69, 9.17) is 40.6 Å². The average Bonchev–Trinajstić information content (AvgIpc) is 2.96. The van der Waals surface area contributed by atoms with E-state index < -0.39 is 78.4 Å². The summed E-state index contributed by atoms with van der Waals surface area (Å²) in [6, 6.07) is 1.80. The van der Waals surface area contributed by atoms with Crippen molar-refractivity contribution < 1.29 is 57.2 Å². The number of carbonyl (C=O) groups is 6. The van der Waals surface area contributed by atoms with Gasteiger partial charge in [0.2, 0.25) is 0 Å². The average molecular weight is 663 g/mol. The Morgan fingerprint density at radius 3 is 2.15 bits per heavy atom. The Bertz CT molecular complexity index is 1400. The molecule has 1 saturated heterocycles. The van der Waals surface area contributed by atoms with Crippen LogP contribution in [0.25, 0.3) is 0 Å². The van der Waals surface area contributed by atoms with Crippen LogP contribution in [-0.4, -0.2) is 90.6 Å². The molecule has 0 saturated carbocycles. The Labute approximate surface area is 271 Å². The standard InChI is InChI=1S/C31H38N2O12S/c1-9-10-31(30(39)40-8)13-23(41-18(4)34)25(33-15-46)28(45-31)27(44-21(7)37)24(42-19(5)35)14-32-29(38)22-11-16(2)26(17(3)12-22)43-20(6)36/h9,11-12,23-25,27-28H,1,10,13-14H2,2-8H3,(H,32,38)/t23-,24+,25+,27+,28+,31+/m0/s1. The fourth-order valence-corrected chi connectivity index (χ4v) is 5.39. The fraction of sp³-hybridized carbons (Fsp3) is 0.516. The molecule has 0 bridgehead atoms. The van der Waals surface area contributed by atoms with Crippen LogP contribution >= 0.6 is 12.2 Å². The zero-order valence-corrected chi connectivity index (χ0v) is 27.5. The number of nitrogens with zero attached hydrogens (tertiary/aromatic N) is 1. The number of nitrogens with one attached hydrogen (secondary N) is 1. The van der Waals surface area contributed by atoms with Gasteiger partial charge in [0.05, 0.1) is 18.8 Å². The van der Waals surface area contributed by atoms with Gasteiger partial charge in [-0.25, -0.2) is 9.79 Å². The number of benzene rings is 1. The minimum absolute atomic E-state index is 0.119. The summed E-state index contributed by atoms with van der Waals surface area (Å²) in [5, 5.41) is 4.86. The van der Waals surface area contributed by atoms with E-state index >= 15 is 0 Å². The molecule has 0 spiro atoms. The first kappa shape index (κ1) is 37.7. The van der Waals surface area contributed by atoms with Crippen molar-refractivity contribution in [2.24, 2.45) is 4.99 Å². The van der Waals surface area contributed by atoms with Crippen molar-refractivity contribution in [3.05, 3.63) is 41.5 Å². The van der Waals surface area contributed by atoms with Crippen LogP contribution in [0.3, 0.4) is 0 Å². The Morgan fingerprint density at radius 1 is 1.07 bits per heavy atom. The van der Waals surface area contributed by atoms with Crippen LogP contribution in [0.15, 0.2) is 29.8 Å². The predicted molar refractivity (Wildman–Crippen MR) is 164 cm³/mol. The number of carbonyl (C=O) groups excluding carboxylic acids is 6. The van der Waals surface area contributed by atoms with E-state index in [-0.39, 0.29) is 18.4 Å². The monoisotopic (exact) mass is 662 g/mol. The van der Waals surface area contributed by atoms with Crippen LogP contribution in [0.2, 0.25) is 0 Å².